The molecule has 1 aromatic rings. The summed E-state index contributed by atoms with van der Waals surface area (Å²) in [5.41, 5.74) is -1.08. The lowest BCUT2D eigenvalue weighted by Gasteiger charge is -1.81. The van der Waals surface area contributed by atoms with E-state index in [4.69, 9.17) is 5.11 Å². The van der Waals surface area contributed by atoms with Gasteiger partial charge in [-0.1, -0.05) is 0 Å². The number of aliphatic hydroxyl groups excluding tert-OH is 1. The van der Waals surface area contributed by atoms with Crippen molar-refractivity contribution in [2.24, 2.45) is 0 Å². The Morgan fingerprint density at radius 1 is 1.82 bits per heavy atom. The molecule has 0 saturated heterocycles. The van der Waals surface area contributed by atoms with Crippen molar-refractivity contribution in [2.75, 3.05) is 0 Å². The molecule has 0 spiro atoms. The molecule has 0 aliphatic heterocycles. The predicted molar refractivity (Wildman–Crippen MR) is 31.3 cm³/mol. The van der Waals surface area contributed by atoms with Gasteiger partial charge in [-0.2, -0.15) is 0 Å². The largest absolute Gasteiger partial charge is 0.391 e. The molecule has 1 aromatic heterocycles. The van der Waals surface area contributed by atoms with Crippen molar-refractivity contribution in [3.8, 4) is 0 Å². The van der Waals surface area contributed by atoms with E-state index < -0.39 is 17.2 Å². The molecule has 0 unspecified atom stereocenters. The lowest BCUT2D eigenvalue weighted by atomic mass is 10.4. The first kappa shape index (κ1) is 7.48. The summed E-state index contributed by atoms with van der Waals surface area (Å²) in [4.78, 5) is 20.6. The monoisotopic (exact) mass is 160 g/mol. The molecule has 0 aliphatic rings. The molecule has 0 bridgehead atoms. The predicted octanol–water partition coefficient (Wildman–Crippen LogP) is -1.03. The van der Waals surface area contributed by atoms with Gasteiger partial charge in [0, 0.05) is 0 Å². The SMILES string of the molecule is O=c1c(CO)con1[N+](=O)[O-]. The quantitative estimate of drug-likeness (QED) is 0.440. The second-order valence-corrected chi connectivity index (χ2v) is 1.72. The molecule has 7 heteroatoms. The molecule has 0 fully saturated rings. The molecule has 0 radical (unpaired) electrons. The standard InChI is InChI=1S/C4H4N2O5/c7-1-3-2-11-5(4(3)8)6(9)10/h2,7H,1H2. The van der Waals surface area contributed by atoms with Gasteiger partial charge >= 0.3 is 5.56 Å². The Kier molecular flexibility index (Phi) is 1.73. The molecule has 11 heavy (non-hydrogen) atoms. The third kappa shape index (κ3) is 1.13. The van der Waals surface area contributed by atoms with E-state index in [0.29, 0.717) is 0 Å². The second-order valence-electron chi connectivity index (χ2n) is 1.72. The van der Waals surface area contributed by atoms with Crippen LogP contribution in [-0.4, -0.2) is 15.0 Å². The van der Waals surface area contributed by atoms with Gasteiger partial charge in [0.2, 0.25) is 5.03 Å². The molecule has 1 heterocycles. The van der Waals surface area contributed by atoms with Gasteiger partial charge in [0.25, 0.3) is 0 Å². The lowest BCUT2D eigenvalue weighted by Crippen LogP contribution is -2.23. The highest BCUT2D eigenvalue weighted by molar-refractivity contribution is 4.98. The van der Waals surface area contributed by atoms with E-state index in [-0.39, 0.29) is 10.4 Å². The summed E-state index contributed by atoms with van der Waals surface area (Å²) in [5.74, 6) is 0. The number of hydrogen-bond acceptors (Lipinski definition) is 5. The van der Waals surface area contributed by atoms with Crippen molar-refractivity contribution in [2.45, 2.75) is 6.61 Å². The van der Waals surface area contributed by atoms with Crippen molar-refractivity contribution >= 4 is 0 Å². The van der Waals surface area contributed by atoms with Crippen LogP contribution in [0.5, 0.6) is 0 Å². The Labute approximate surface area is 59.6 Å². The van der Waals surface area contributed by atoms with Gasteiger partial charge in [0.1, 0.15) is 11.1 Å². The molecule has 0 amide bonds. The van der Waals surface area contributed by atoms with Crippen molar-refractivity contribution in [3.63, 3.8) is 0 Å². The van der Waals surface area contributed by atoms with Crippen molar-refractivity contribution in [1.82, 2.24) is 4.85 Å². The molecule has 0 aromatic carbocycles. The summed E-state index contributed by atoms with van der Waals surface area (Å²) >= 11 is 0. The Morgan fingerprint density at radius 2 is 2.45 bits per heavy atom. The molecule has 0 atom stereocenters. The summed E-state index contributed by atoms with van der Waals surface area (Å²) < 4.78 is 4.19. The van der Waals surface area contributed by atoms with Crippen molar-refractivity contribution < 1.29 is 14.7 Å². The van der Waals surface area contributed by atoms with Gasteiger partial charge < -0.3 is 9.63 Å². The topological polar surface area (TPSA) is 98.5 Å². The number of nitro groups is 1. The summed E-state index contributed by atoms with van der Waals surface area (Å²) in [7, 11) is 0. The van der Waals surface area contributed by atoms with Crippen LogP contribution >= 0.6 is 0 Å². The first-order valence-corrected chi connectivity index (χ1v) is 2.62. The van der Waals surface area contributed by atoms with Crippen LogP contribution in [0.2, 0.25) is 0 Å². The van der Waals surface area contributed by atoms with E-state index in [9.17, 15) is 14.9 Å². The Hall–Kier alpha value is -1.63. The zero-order valence-corrected chi connectivity index (χ0v) is 5.26. The zero-order chi connectivity index (χ0) is 8.43. The second kappa shape index (κ2) is 2.54. The maximum atomic E-state index is 10.7. The Balaban J connectivity index is 3.22. The molecular weight excluding hydrogens is 156 g/mol. The zero-order valence-electron chi connectivity index (χ0n) is 5.26. The minimum atomic E-state index is -1.01. The number of nitrogens with zero attached hydrogens (tertiary/aromatic N) is 2. The fourth-order valence-corrected chi connectivity index (χ4v) is 0.552. The smallest absolute Gasteiger partial charge is 0.359 e. The summed E-state index contributed by atoms with van der Waals surface area (Å²) in [6.07, 6.45) is 0.838. The van der Waals surface area contributed by atoms with E-state index in [1.54, 1.807) is 0 Å². The van der Waals surface area contributed by atoms with Crippen LogP contribution in [0.4, 0.5) is 0 Å². The minimum absolute atomic E-state index is 0.0500. The highest BCUT2D eigenvalue weighted by atomic mass is 16.7. The van der Waals surface area contributed by atoms with Crippen LogP contribution in [0.15, 0.2) is 15.6 Å². The van der Waals surface area contributed by atoms with E-state index in [2.05, 4.69) is 4.52 Å². The molecule has 1 N–H and O–H groups in total. The first-order chi connectivity index (χ1) is 5.16. The Bertz CT molecular complexity index is 323. The van der Waals surface area contributed by atoms with Gasteiger partial charge in [-0.25, -0.2) is 10.1 Å². The summed E-state index contributed by atoms with van der Waals surface area (Å²) in [6.45, 7) is -0.566. The van der Waals surface area contributed by atoms with Crippen LogP contribution in [0, 0.1) is 10.1 Å². The third-order valence-corrected chi connectivity index (χ3v) is 1.06. The van der Waals surface area contributed by atoms with Gasteiger partial charge in [-0.3, -0.25) is 4.79 Å². The van der Waals surface area contributed by atoms with Crippen LogP contribution in [-0.2, 0) is 6.61 Å². The maximum Gasteiger partial charge on any atom is 0.359 e. The van der Waals surface area contributed by atoms with Crippen LogP contribution in [0.1, 0.15) is 5.56 Å². The van der Waals surface area contributed by atoms with E-state index in [0.717, 1.165) is 6.26 Å². The number of rotatable bonds is 2. The van der Waals surface area contributed by atoms with E-state index >= 15 is 0 Å². The molecular formula is C4H4N2O5. The van der Waals surface area contributed by atoms with E-state index in [1.165, 1.54) is 0 Å². The molecule has 7 nitrogen and oxygen atoms in total. The van der Waals surface area contributed by atoms with Crippen LogP contribution in [0.3, 0.4) is 0 Å². The van der Waals surface area contributed by atoms with Gasteiger partial charge in [0.15, 0.2) is 0 Å². The van der Waals surface area contributed by atoms with Crippen LogP contribution in [0.25, 0.3) is 0 Å². The average molecular weight is 160 g/mol. The maximum absolute atomic E-state index is 10.7. The van der Waals surface area contributed by atoms with Gasteiger partial charge in [-0.05, 0) is 0 Å². The fourth-order valence-electron chi connectivity index (χ4n) is 0.552. The number of aliphatic hydroxyl groups is 1. The first-order valence-electron chi connectivity index (χ1n) is 2.62. The number of hydrogen-bond donors (Lipinski definition) is 1. The molecule has 0 aliphatic carbocycles. The molecule has 1 rings (SSSR count). The normalized spacial score (nSPS) is 9.91. The third-order valence-electron chi connectivity index (χ3n) is 1.06. The van der Waals surface area contributed by atoms with Gasteiger partial charge in [0.05, 0.1) is 12.2 Å². The lowest BCUT2D eigenvalue weighted by molar-refractivity contribution is -0.583. The summed E-state index contributed by atoms with van der Waals surface area (Å²) in [6, 6.07) is 0. The summed E-state index contributed by atoms with van der Waals surface area (Å²) in [5, 5.41) is 17.3. The molecule has 60 valence electrons. The van der Waals surface area contributed by atoms with Crippen molar-refractivity contribution in [1.29, 1.82) is 0 Å². The number of aromatic nitrogens is 1. The fraction of sp³-hybridized carbons (Fsp3) is 0.250. The Morgan fingerprint density at radius 3 is 2.73 bits per heavy atom. The minimum Gasteiger partial charge on any atom is -0.391 e. The highest BCUT2D eigenvalue weighted by Gasteiger charge is 2.14. The highest BCUT2D eigenvalue weighted by Crippen LogP contribution is 1.91. The van der Waals surface area contributed by atoms with E-state index in [1.807, 2.05) is 0 Å². The van der Waals surface area contributed by atoms with Gasteiger partial charge in [-0.15, -0.1) is 0 Å². The average Bonchev–Trinajstić information content (AvgIpc) is 2.30. The van der Waals surface area contributed by atoms with Crippen LogP contribution < -0.4 is 5.56 Å². The molecule has 0 saturated carbocycles. The van der Waals surface area contributed by atoms with Crippen molar-refractivity contribution in [3.05, 3.63) is 32.3 Å².